The van der Waals surface area contributed by atoms with E-state index in [0.29, 0.717) is 18.9 Å². The SMILES string of the molecule is Cc1cccc(-n2nc(C(=O)O)c(N3CCN(c4ccccc4)CC3)n2)c1C. The second-order valence-corrected chi connectivity index (χ2v) is 7.00. The van der Waals surface area contributed by atoms with Crippen LogP contribution < -0.4 is 9.80 Å². The van der Waals surface area contributed by atoms with Crippen molar-refractivity contribution in [3.63, 3.8) is 0 Å². The summed E-state index contributed by atoms with van der Waals surface area (Å²) >= 11 is 0. The summed E-state index contributed by atoms with van der Waals surface area (Å²) < 4.78 is 0. The van der Waals surface area contributed by atoms with E-state index in [-0.39, 0.29) is 5.69 Å². The Labute approximate surface area is 163 Å². The predicted molar refractivity (Wildman–Crippen MR) is 109 cm³/mol. The highest BCUT2D eigenvalue weighted by molar-refractivity contribution is 5.91. The van der Waals surface area contributed by atoms with Crippen molar-refractivity contribution < 1.29 is 9.90 Å². The average Bonchev–Trinajstić information content (AvgIpc) is 3.16. The number of benzene rings is 2. The van der Waals surface area contributed by atoms with Crippen LogP contribution in [0.1, 0.15) is 21.6 Å². The molecule has 1 N–H and O–H groups in total. The molecule has 3 aromatic rings. The second kappa shape index (κ2) is 7.34. The largest absolute Gasteiger partial charge is 0.476 e. The first-order valence-corrected chi connectivity index (χ1v) is 9.37. The number of nitrogens with zero attached hydrogens (tertiary/aromatic N) is 5. The van der Waals surface area contributed by atoms with Gasteiger partial charge in [0.05, 0.1) is 5.69 Å². The number of carboxylic acids is 1. The Morgan fingerprint density at radius 1 is 0.893 bits per heavy atom. The molecule has 1 fully saturated rings. The number of aryl methyl sites for hydroxylation is 1. The molecule has 1 aliphatic heterocycles. The fourth-order valence-corrected chi connectivity index (χ4v) is 3.53. The van der Waals surface area contributed by atoms with E-state index in [0.717, 1.165) is 29.9 Å². The molecule has 1 aromatic heterocycles. The van der Waals surface area contributed by atoms with E-state index in [2.05, 4.69) is 27.2 Å². The number of anilines is 2. The molecule has 0 spiro atoms. The fraction of sp³-hybridized carbons (Fsp3) is 0.286. The van der Waals surface area contributed by atoms with Crippen molar-refractivity contribution in [2.45, 2.75) is 13.8 Å². The molecule has 2 aromatic carbocycles. The van der Waals surface area contributed by atoms with Crippen molar-refractivity contribution in [1.82, 2.24) is 15.0 Å². The highest BCUT2D eigenvalue weighted by Crippen LogP contribution is 2.24. The molecular weight excluding hydrogens is 354 g/mol. The van der Waals surface area contributed by atoms with Crippen LogP contribution in [-0.4, -0.2) is 52.2 Å². The molecule has 144 valence electrons. The number of hydrogen-bond donors (Lipinski definition) is 1. The van der Waals surface area contributed by atoms with Crippen molar-refractivity contribution in [1.29, 1.82) is 0 Å². The third-order valence-electron chi connectivity index (χ3n) is 5.29. The Balaban J connectivity index is 1.61. The quantitative estimate of drug-likeness (QED) is 0.754. The maximum Gasteiger partial charge on any atom is 0.360 e. The molecule has 28 heavy (non-hydrogen) atoms. The summed E-state index contributed by atoms with van der Waals surface area (Å²) in [5.74, 6) is -0.627. The maximum atomic E-state index is 11.8. The number of piperazine rings is 1. The fourth-order valence-electron chi connectivity index (χ4n) is 3.53. The monoisotopic (exact) mass is 377 g/mol. The smallest absolute Gasteiger partial charge is 0.360 e. The predicted octanol–water partition coefficient (Wildman–Crippen LogP) is 2.91. The number of hydrogen-bond acceptors (Lipinski definition) is 5. The van der Waals surface area contributed by atoms with E-state index in [1.165, 1.54) is 10.5 Å². The van der Waals surface area contributed by atoms with Crippen LogP contribution in [0.2, 0.25) is 0 Å². The zero-order chi connectivity index (χ0) is 19.7. The summed E-state index contributed by atoms with van der Waals surface area (Å²) in [5, 5.41) is 18.5. The van der Waals surface area contributed by atoms with Crippen LogP contribution in [0.25, 0.3) is 5.69 Å². The maximum absolute atomic E-state index is 11.8. The molecule has 7 nitrogen and oxygen atoms in total. The molecule has 0 amide bonds. The molecule has 2 heterocycles. The van der Waals surface area contributed by atoms with Gasteiger partial charge in [-0.3, -0.25) is 0 Å². The summed E-state index contributed by atoms with van der Waals surface area (Å²) in [6.07, 6.45) is 0. The standard InChI is InChI=1S/C21H23N5O2/c1-15-7-6-10-18(16(15)2)26-22-19(21(27)28)20(23-26)25-13-11-24(12-14-25)17-8-4-3-5-9-17/h3-10H,11-14H2,1-2H3,(H,27,28). The zero-order valence-electron chi connectivity index (χ0n) is 16.0. The van der Waals surface area contributed by atoms with Gasteiger partial charge in [-0.2, -0.15) is 0 Å². The third-order valence-corrected chi connectivity index (χ3v) is 5.29. The molecule has 0 radical (unpaired) electrons. The third kappa shape index (κ3) is 3.31. The van der Waals surface area contributed by atoms with E-state index in [1.54, 1.807) is 0 Å². The number of rotatable bonds is 4. The van der Waals surface area contributed by atoms with Crippen LogP contribution in [0.3, 0.4) is 0 Å². The summed E-state index contributed by atoms with van der Waals surface area (Å²) in [6.45, 7) is 7.01. The van der Waals surface area contributed by atoms with Crippen molar-refractivity contribution in [2.75, 3.05) is 36.0 Å². The van der Waals surface area contributed by atoms with Crippen molar-refractivity contribution in [3.8, 4) is 5.69 Å². The van der Waals surface area contributed by atoms with Crippen molar-refractivity contribution in [2.24, 2.45) is 0 Å². The first-order valence-electron chi connectivity index (χ1n) is 9.37. The minimum Gasteiger partial charge on any atom is -0.476 e. The highest BCUT2D eigenvalue weighted by Gasteiger charge is 2.27. The molecule has 1 aliphatic rings. The van der Waals surface area contributed by atoms with Gasteiger partial charge >= 0.3 is 5.97 Å². The lowest BCUT2D eigenvalue weighted by Crippen LogP contribution is -2.47. The van der Waals surface area contributed by atoms with Crippen LogP contribution >= 0.6 is 0 Å². The van der Waals surface area contributed by atoms with Gasteiger partial charge in [-0.1, -0.05) is 30.3 Å². The molecule has 0 bridgehead atoms. The van der Waals surface area contributed by atoms with Gasteiger partial charge in [-0.25, -0.2) is 4.79 Å². The van der Waals surface area contributed by atoms with Gasteiger partial charge in [0, 0.05) is 31.9 Å². The van der Waals surface area contributed by atoms with Crippen LogP contribution in [0.4, 0.5) is 11.5 Å². The summed E-state index contributed by atoms with van der Waals surface area (Å²) in [6, 6.07) is 16.1. The van der Waals surface area contributed by atoms with Gasteiger partial charge in [-0.05, 0) is 43.2 Å². The zero-order valence-corrected chi connectivity index (χ0v) is 16.0. The van der Waals surface area contributed by atoms with Gasteiger partial charge < -0.3 is 14.9 Å². The molecule has 0 unspecified atom stereocenters. The van der Waals surface area contributed by atoms with Gasteiger partial charge in [0.1, 0.15) is 0 Å². The first kappa shape index (κ1) is 18.0. The average molecular weight is 377 g/mol. The minimum absolute atomic E-state index is 0.00549. The van der Waals surface area contributed by atoms with Crippen LogP contribution in [0.15, 0.2) is 48.5 Å². The van der Waals surface area contributed by atoms with Gasteiger partial charge in [0.15, 0.2) is 5.82 Å². The van der Waals surface area contributed by atoms with Crippen molar-refractivity contribution in [3.05, 3.63) is 65.4 Å². The van der Waals surface area contributed by atoms with Gasteiger partial charge in [0.25, 0.3) is 0 Å². The van der Waals surface area contributed by atoms with E-state index < -0.39 is 5.97 Å². The minimum atomic E-state index is -1.06. The Morgan fingerprint density at radius 3 is 2.25 bits per heavy atom. The summed E-state index contributed by atoms with van der Waals surface area (Å²) in [7, 11) is 0. The van der Waals surface area contributed by atoms with Crippen molar-refractivity contribution >= 4 is 17.5 Å². The van der Waals surface area contributed by atoms with Crippen LogP contribution in [0, 0.1) is 13.8 Å². The molecule has 1 saturated heterocycles. The molecule has 0 saturated carbocycles. The summed E-state index contributed by atoms with van der Waals surface area (Å²) in [5.41, 5.74) is 4.13. The molecule has 0 atom stereocenters. The second-order valence-electron chi connectivity index (χ2n) is 7.00. The number of aromatic nitrogens is 3. The Morgan fingerprint density at radius 2 is 1.57 bits per heavy atom. The van der Waals surface area contributed by atoms with Gasteiger partial charge in [-0.15, -0.1) is 15.0 Å². The first-order chi connectivity index (χ1) is 13.5. The van der Waals surface area contributed by atoms with E-state index in [9.17, 15) is 9.90 Å². The Kier molecular flexibility index (Phi) is 4.73. The number of aromatic carboxylic acids is 1. The molecular formula is C21H23N5O2. The number of carboxylic acid groups (broad SMARTS) is 1. The molecule has 0 aliphatic carbocycles. The lowest BCUT2D eigenvalue weighted by molar-refractivity contribution is 0.0690. The van der Waals surface area contributed by atoms with E-state index in [1.807, 2.05) is 55.1 Å². The van der Waals surface area contributed by atoms with E-state index >= 15 is 0 Å². The van der Waals surface area contributed by atoms with Crippen LogP contribution in [-0.2, 0) is 0 Å². The number of para-hydroxylation sites is 1. The van der Waals surface area contributed by atoms with Crippen LogP contribution in [0.5, 0.6) is 0 Å². The lowest BCUT2D eigenvalue weighted by atomic mass is 10.1. The highest BCUT2D eigenvalue weighted by atomic mass is 16.4. The summed E-state index contributed by atoms with van der Waals surface area (Å²) in [4.78, 5) is 17.6. The molecule has 7 heteroatoms. The van der Waals surface area contributed by atoms with Gasteiger partial charge in [0.2, 0.25) is 5.69 Å². The molecule has 4 rings (SSSR count). The Hall–Kier alpha value is -3.35. The number of carbonyl (C=O) groups is 1. The topological polar surface area (TPSA) is 74.5 Å². The lowest BCUT2D eigenvalue weighted by Gasteiger charge is -2.36. The van der Waals surface area contributed by atoms with E-state index in [4.69, 9.17) is 0 Å². The normalized spacial score (nSPS) is 14.4. The Bertz CT molecular complexity index is 991.